The number of Topliss-reactive ketones (excluding diaryl/α,β-unsaturated/α-hetero) is 1. The van der Waals surface area contributed by atoms with Crippen LogP contribution in [0.3, 0.4) is 0 Å². The lowest BCUT2D eigenvalue weighted by atomic mass is 10.1. The molecule has 3 rings (SSSR count). The summed E-state index contributed by atoms with van der Waals surface area (Å²) in [4.78, 5) is 40.3. The number of H-pyrrole nitrogens is 1. The predicted molar refractivity (Wildman–Crippen MR) is 93.4 cm³/mol. The molecule has 0 aliphatic carbocycles. The highest BCUT2D eigenvalue weighted by Crippen LogP contribution is 2.24. The number of nitrogens with two attached hydrogens (primary N) is 1. The minimum Gasteiger partial charge on any atom is -0.382 e. The molecule has 0 spiro atoms. The Morgan fingerprint density at radius 1 is 1.36 bits per heavy atom. The second-order valence-corrected chi connectivity index (χ2v) is 6.55. The molecule has 132 valence electrons. The molecule has 0 aromatic carbocycles. The fourth-order valence-corrected chi connectivity index (χ4v) is 3.03. The van der Waals surface area contributed by atoms with Gasteiger partial charge in [-0.3, -0.25) is 4.79 Å². The summed E-state index contributed by atoms with van der Waals surface area (Å²) >= 11 is 3.15. The average Bonchev–Trinajstić information content (AvgIpc) is 2.58. The Kier molecular flexibility index (Phi) is 5.07. The maximum Gasteiger partial charge on any atom is 0.345 e. The maximum absolute atomic E-state index is 13.4. The highest BCUT2D eigenvalue weighted by Gasteiger charge is 2.23. The van der Waals surface area contributed by atoms with E-state index in [0.717, 1.165) is 0 Å². The number of nitrogen functional groups attached to an aromatic ring is 1. The van der Waals surface area contributed by atoms with E-state index in [1.165, 1.54) is 12.4 Å². The lowest BCUT2D eigenvalue weighted by Gasteiger charge is -2.31. The first kappa shape index (κ1) is 17.5. The van der Waals surface area contributed by atoms with Crippen molar-refractivity contribution < 1.29 is 9.18 Å². The van der Waals surface area contributed by atoms with Gasteiger partial charge in [-0.15, -0.1) is 0 Å². The SMILES string of the molecule is Nc1ncc(Br)nc1C(=O)Cc1[nH]c(=O)ncc1N1CCC(F)CC1. The van der Waals surface area contributed by atoms with Crippen LogP contribution in [0.5, 0.6) is 0 Å². The van der Waals surface area contributed by atoms with Gasteiger partial charge in [0.2, 0.25) is 0 Å². The van der Waals surface area contributed by atoms with Crippen molar-refractivity contribution in [3.63, 3.8) is 0 Å². The molecule has 8 nitrogen and oxygen atoms in total. The number of hydrogen-bond donors (Lipinski definition) is 2. The van der Waals surface area contributed by atoms with Crippen LogP contribution < -0.4 is 16.3 Å². The van der Waals surface area contributed by atoms with Crippen LogP contribution in [0.4, 0.5) is 15.9 Å². The Hall–Kier alpha value is -2.36. The van der Waals surface area contributed by atoms with Gasteiger partial charge in [-0.2, -0.15) is 4.98 Å². The van der Waals surface area contributed by atoms with E-state index in [1.54, 1.807) is 0 Å². The number of rotatable bonds is 4. The molecule has 25 heavy (non-hydrogen) atoms. The van der Waals surface area contributed by atoms with Gasteiger partial charge in [0, 0.05) is 13.1 Å². The number of carbonyl (C=O) groups excluding carboxylic acids is 1. The summed E-state index contributed by atoms with van der Waals surface area (Å²) in [6, 6.07) is 0. The molecule has 1 aliphatic rings. The number of aromatic amines is 1. The molecule has 0 bridgehead atoms. The van der Waals surface area contributed by atoms with Crippen LogP contribution in [0.1, 0.15) is 29.0 Å². The van der Waals surface area contributed by atoms with Crippen LogP contribution in [-0.2, 0) is 6.42 Å². The van der Waals surface area contributed by atoms with Crippen molar-refractivity contribution in [2.75, 3.05) is 23.7 Å². The van der Waals surface area contributed by atoms with Crippen LogP contribution in [0.15, 0.2) is 21.8 Å². The molecule has 0 atom stereocenters. The van der Waals surface area contributed by atoms with Crippen LogP contribution >= 0.6 is 15.9 Å². The number of ketones is 1. The summed E-state index contributed by atoms with van der Waals surface area (Å²) in [5, 5.41) is 0. The monoisotopic (exact) mass is 410 g/mol. The highest BCUT2D eigenvalue weighted by molar-refractivity contribution is 9.10. The van der Waals surface area contributed by atoms with Gasteiger partial charge >= 0.3 is 5.69 Å². The normalized spacial score (nSPS) is 15.4. The zero-order valence-electron chi connectivity index (χ0n) is 13.2. The number of aromatic nitrogens is 4. The van der Waals surface area contributed by atoms with E-state index in [0.29, 0.717) is 41.9 Å². The summed E-state index contributed by atoms with van der Waals surface area (Å²) in [5.74, 6) is -0.362. The number of hydrogen-bond acceptors (Lipinski definition) is 7. The van der Waals surface area contributed by atoms with Gasteiger partial charge in [0.05, 0.1) is 30.2 Å². The Bertz CT molecular complexity index is 850. The van der Waals surface area contributed by atoms with Gasteiger partial charge in [0.1, 0.15) is 16.5 Å². The van der Waals surface area contributed by atoms with Gasteiger partial charge < -0.3 is 15.6 Å². The summed E-state index contributed by atoms with van der Waals surface area (Å²) in [7, 11) is 0. The largest absolute Gasteiger partial charge is 0.382 e. The summed E-state index contributed by atoms with van der Waals surface area (Å²) in [5.41, 5.74) is 6.21. The fourth-order valence-electron chi connectivity index (χ4n) is 2.75. The molecule has 0 radical (unpaired) electrons. The second kappa shape index (κ2) is 7.26. The standard InChI is InChI=1S/C15H16BrFN6O2/c16-12-7-19-14(18)13(22-12)11(24)5-9-10(6-20-15(25)21-9)23-3-1-8(17)2-4-23/h6-8H,1-5H2,(H2,18,19)(H,20,21,25). The molecule has 0 saturated carbocycles. The molecule has 2 aromatic heterocycles. The first-order valence-corrected chi connectivity index (χ1v) is 8.51. The minimum absolute atomic E-state index is 0.0180. The van der Waals surface area contributed by atoms with Crippen molar-refractivity contribution in [2.24, 2.45) is 0 Å². The summed E-state index contributed by atoms with van der Waals surface area (Å²) in [6.45, 7) is 0.990. The summed E-state index contributed by atoms with van der Waals surface area (Å²) in [6.07, 6.45) is 2.67. The maximum atomic E-state index is 13.4. The van der Waals surface area contributed by atoms with E-state index < -0.39 is 11.9 Å². The number of halogens is 2. The predicted octanol–water partition coefficient (Wildman–Crippen LogP) is 1.27. The average molecular weight is 411 g/mol. The minimum atomic E-state index is -0.825. The van der Waals surface area contributed by atoms with E-state index >= 15 is 0 Å². The first-order chi connectivity index (χ1) is 11.9. The molecule has 1 saturated heterocycles. The Labute approximate surface area is 150 Å². The molecule has 3 N–H and O–H groups in total. The van der Waals surface area contributed by atoms with Gasteiger partial charge in [0.15, 0.2) is 11.6 Å². The number of alkyl halides is 1. The lowest BCUT2D eigenvalue weighted by molar-refractivity contribution is 0.0987. The first-order valence-electron chi connectivity index (χ1n) is 7.72. The van der Waals surface area contributed by atoms with Crippen molar-refractivity contribution in [1.82, 2.24) is 19.9 Å². The van der Waals surface area contributed by atoms with E-state index in [1.807, 2.05) is 4.90 Å². The van der Waals surface area contributed by atoms with Gasteiger partial charge in [-0.25, -0.2) is 19.2 Å². The van der Waals surface area contributed by atoms with Crippen molar-refractivity contribution in [3.05, 3.63) is 38.9 Å². The van der Waals surface area contributed by atoms with Crippen LogP contribution in [0.25, 0.3) is 0 Å². The number of nitrogens with zero attached hydrogens (tertiary/aromatic N) is 4. The molecule has 10 heteroatoms. The van der Waals surface area contributed by atoms with Crippen molar-refractivity contribution in [3.8, 4) is 0 Å². The zero-order chi connectivity index (χ0) is 18.0. The molecule has 1 aliphatic heterocycles. The van der Waals surface area contributed by atoms with Crippen LogP contribution in [-0.4, -0.2) is 45.0 Å². The third-order valence-electron chi connectivity index (χ3n) is 4.01. The summed E-state index contributed by atoms with van der Waals surface area (Å²) < 4.78 is 13.8. The second-order valence-electron chi connectivity index (χ2n) is 5.74. The smallest absolute Gasteiger partial charge is 0.345 e. The topological polar surface area (TPSA) is 118 Å². The number of nitrogens with one attached hydrogen (secondary N) is 1. The molecule has 3 heterocycles. The van der Waals surface area contributed by atoms with E-state index in [2.05, 4.69) is 35.9 Å². The molecule has 0 amide bonds. The Morgan fingerprint density at radius 3 is 2.80 bits per heavy atom. The van der Waals surface area contributed by atoms with Gasteiger partial charge in [-0.1, -0.05) is 0 Å². The molecule has 1 fully saturated rings. The third-order valence-corrected chi connectivity index (χ3v) is 4.39. The number of anilines is 2. The van der Waals surface area contributed by atoms with Crippen molar-refractivity contribution >= 4 is 33.2 Å². The van der Waals surface area contributed by atoms with E-state index in [-0.39, 0.29) is 23.7 Å². The Balaban J connectivity index is 1.89. The van der Waals surface area contributed by atoms with Crippen LogP contribution in [0, 0.1) is 0 Å². The quantitative estimate of drug-likeness (QED) is 0.728. The lowest BCUT2D eigenvalue weighted by Crippen LogP contribution is -2.36. The number of piperidine rings is 1. The molecule has 2 aromatic rings. The van der Waals surface area contributed by atoms with Crippen molar-refractivity contribution in [2.45, 2.75) is 25.4 Å². The van der Waals surface area contributed by atoms with Crippen LogP contribution in [0.2, 0.25) is 0 Å². The molecular weight excluding hydrogens is 395 g/mol. The van der Waals surface area contributed by atoms with Gasteiger partial charge in [0.25, 0.3) is 0 Å². The Morgan fingerprint density at radius 2 is 2.08 bits per heavy atom. The van der Waals surface area contributed by atoms with Gasteiger partial charge in [-0.05, 0) is 28.8 Å². The zero-order valence-corrected chi connectivity index (χ0v) is 14.8. The van der Waals surface area contributed by atoms with E-state index in [9.17, 15) is 14.0 Å². The van der Waals surface area contributed by atoms with Crippen molar-refractivity contribution in [1.29, 1.82) is 0 Å². The molecule has 0 unspecified atom stereocenters. The fraction of sp³-hybridized carbons (Fsp3) is 0.400. The van der Waals surface area contributed by atoms with E-state index in [4.69, 9.17) is 5.73 Å². The highest BCUT2D eigenvalue weighted by atomic mass is 79.9. The third kappa shape index (κ3) is 4.01. The number of carbonyl (C=O) groups is 1. The molecular formula is C15H16BrFN6O2.